The van der Waals surface area contributed by atoms with Gasteiger partial charge in [0.2, 0.25) is 0 Å². The van der Waals surface area contributed by atoms with Gasteiger partial charge < -0.3 is 10.4 Å². The quantitative estimate of drug-likeness (QED) is 0.606. The van der Waals surface area contributed by atoms with E-state index in [2.05, 4.69) is 48.7 Å². The standard InChI is InChI=1S/C15H20Br2N2O.2ClH/c1-2-3-4-13(19-7-5-18-6-8-19)15-12(17)9-11(16)10-14(15)20;;/h2,9-10,13,18,20H,1,3-8H2;2*1H/t13-;;/m1../s1. The highest BCUT2D eigenvalue weighted by atomic mass is 79.9. The smallest absolute Gasteiger partial charge is 0.122 e. The van der Waals surface area contributed by atoms with Crippen molar-refractivity contribution in [2.45, 2.75) is 18.9 Å². The van der Waals surface area contributed by atoms with Crippen molar-refractivity contribution in [3.05, 3.63) is 39.3 Å². The first kappa shape index (κ1) is 22.2. The third kappa shape index (κ3) is 5.69. The fourth-order valence-electron chi connectivity index (χ4n) is 2.68. The molecule has 0 unspecified atom stereocenters. The molecule has 0 radical (unpaired) electrons. The van der Waals surface area contributed by atoms with Crippen LogP contribution in [0.5, 0.6) is 5.75 Å². The molecule has 7 heteroatoms. The van der Waals surface area contributed by atoms with Gasteiger partial charge in [0.05, 0.1) is 0 Å². The van der Waals surface area contributed by atoms with E-state index in [1.807, 2.05) is 12.1 Å². The molecule has 22 heavy (non-hydrogen) atoms. The highest BCUT2D eigenvalue weighted by Crippen LogP contribution is 2.39. The number of halogens is 4. The molecule has 2 N–H and O–H groups in total. The minimum absolute atomic E-state index is 0. The monoisotopic (exact) mass is 474 g/mol. The number of nitrogens with one attached hydrogen (secondary N) is 1. The van der Waals surface area contributed by atoms with Crippen molar-refractivity contribution in [3.8, 4) is 5.75 Å². The zero-order valence-electron chi connectivity index (χ0n) is 12.2. The normalized spacial score (nSPS) is 16.3. The number of phenolic OH excluding ortho intramolecular Hbond substituents is 1. The summed E-state index contributed by atoms with van der Waals surface area (Å²) in [5.41, 5.74) is 0.983. The van der Waals surface area contributed by atoms with E-state index in [1.54, 1.807) is 6.07 Å². The Morgan fingerprint density at radius 3 is 2.45 bits per heavy atom. The average molecular weight is 477 g/mol. The van der Waals surface area contributed by atoms with Gasteiger partial charge in [-0.3, -0.25) is 4.90 Å². The molecule has 1 saturated heterocycles. The Kier molecular flexibility index (Phi) is 11.0. The summed E-state index contributed by atoms with van der Waals surface area (Å²) in [7, 11) is 0. The highest BCUT2D eigenvalue weighted by molar-refractivity contribution is 9.11. The molecule has 1 aromatic rings. The summed E-state index contributed by atoms with van der Waals surface area (Å²) in [6.45, 7) is 7.82. The van der Waals surface area contributed by atoms with E-state index in [0.717, 1.165) is 53.5 Å². The predicted molar refractivity (Wildman–Crippen MR) is 105 cm³/mol. The number of allylic oxidation sites excluding steroid dienone is 1. The Morgan fingerprint density at radius 2 is 1.91 bits per heavy atom. The number of aromatic hydroxyl groups is 1. The molecule has 1 atom stereocenters. The summed E-state index contributed by atoms with van der Waals surface area (Å²) in [6, 6.07) is 3.99. The Morgan fingerprint density at radius 1 is 1.27 bits per heavy atom. The molecule has 1 fully saturated rings. The molecular weight excluding hydrogens is 455 g/mol. The summed E-state index contributed by atoms with van der Waals surface area (Å²) in [6.07, 6.45) is 3.85. The topological polar surface area (TPSA) is 35.5 Å². The fraction of sp³-hybridized carbons (Fsp3) is 0.467. The van der Waals surface area contributed by atoms with Crippen LogP contribution in [0, 0.1) is 0 Å². The zero-order valence-corrected chi connectivity index (χ0v) is 17.0. The Labute approximate surface area is 161 Å². The maximum Gasteiger partial charge on any atom is 0.122 e. The second-order valence-electron chi connectivity index (χ2n) is 4.99. The summed E-state index contributed by atoms with van der Waals surface area (Å²) >= 11 is 7.01. The second-order valence-corrected chi connectivity index (χ2v) is 6.76. The van der Waals surface area contributed by atoms with Crippen LogP contribution < -0.4 is 5.32 Å². The molecule has 2 rings (SSSR count). The number of hydrogen-bond acceptors (Lipinski definition) is 3. The van der Waals surface area contributed by atoms with E-state index in [9.17, 15) is 5.11 Å². The van der Waals surface area contributed by atoms with Crippen molar-refractivity contribution in [1.29, 1.82) is 0 Å². The maximum atomic E-state index is 10.3. The van der Waals surface area contributed by atoms with Crippen LogP contribution >= 0.6 is 56.7 Å². The van der Waals surface area contributed by atoms with Gasteiger partial charge >= 0.3 is 0 Å². The van der Waals surface area contributed by atoms with Crippen LogP contribution in [0.4, 0.5) is 0 Å². The first-order valence-electron chi connectivity index (χ1n) is 6.87. The third-order valence-electron chi connectivity index (χ3n) is 3.64. The lowest BCUT2D eigenvalue weighted by Crippen LogP contribution is -2.45. The number of benzene rings is 1. The number of nitrogens with zero attached hydrogens (tertiary/aromatic N) is 1. The lowest BCUT2D eigenvalue weighted by Gasteiger charge is -2.36. The molecule has 0 amide bonds. The average Bonchev–Trinajstić information content (AvgIpc) is 2.42. The van der Waals surface area contributed by atoms with Gasteiger partial charge in [-0.1, -0.05) is 37.9 Å². The van der Waals surface area contributed by atoms with Crippen molar-refractivity contribution in [2.75, 3.05) is 26.2 Å². The van der Waals surface area contributed by atoms with Crippen molar-refractivity contribution in [3.63, 3.8) is 0 Å². The van der Waals surface area contributed by atoms with Crippen LogP contribution in [0.1, 0.15) is 24.4 Å². The molecule has 1 heterocycles. The Hall–Kier alpha value is 0.220. The SMILES string of the molecule is C=CCC[C@H](c1c(O)cc(Br)cc1Br)N1CCNCC1.Cl.Cl. The zero-order chi connectivity index (χ0) is 14.5. The number of piperazine rings is 1. The van der Waals surface area contributed by atoms with Gasteiger partial charge in [-0.25, -0.2) is 0 Å². The first-order valence-corrected chi connectivity index (χ1v) is 8.45. The number of hydrogen-bond donors (Lipinski definition) is 2. The Bertz CT molecular complexity index is 460. The van der Waals surface area contributed by atoms with Crippen LogP contribution in [-0.4, -0.2) is 36.2 Å². The molecular formula is C15H22Br2Cl2N2O. The number of phenols is 1. The molecule has 0 aliphatic carbocycles. The van der Waals surface area contributed by atoms with E-state index in [1.165, 1.54) is 0 Å². The highest BCUT2D eigenvalue weighted by Gasteiger charge is 2.26. The van der Waals surface area contributed by atoms with Gasteiger partial charge in [-0.2, -0.15) is 0 Å². The van der Waals surface area contributed by atoms with Gasteiger partial charge in [-0.15, -0.1) is 31.4 Å². The van der Waals surface area contributed by atoms with Crippen molar-refractivity contribution >= 4 is 56.7 Å². The minimum atomic E-state index is 0. The van der Waals surface area contributed by atoms with E-state index in [-0.39, 0.29) is 30.9 Å². The fourth-order valence-corrected chi connectivity index (χ4v) is 4.15. The van der Waals surface area contributed by atoms with E-state index >= 15 is 0 Å². The molecule has 0 bridgehead atoms. The Balaban J connectivity index is 0.00000220. The number of rotatable bonds is 5. The second kappa shape index (κ2) is 10.9. The maximum absolute atomic E-state index is 10.3. The summed E-state index contributed by atoms with van der Waals surface area (Å²) in [4.78, 5) is 2.44. The molecule has 126 valence electrons. The van der Waals surface area contributed by atoms with E-state index < -0.39 is 0 Å². The van der Waals surface area contributed by atoms with Crippen molar-refractivity contribution in [2.24, 2.45) is 0 Å². The summed E-state index contributed by atoms with van der Waals surface area (Å²) < 4.78 is 1.84. The van der Waals surface area contributed by atoms with Gasteiger partial charge in [-0.05, 0) is 25.0 Å². The molecule has 1 aliphatic rings. The van der Waals surface area contributed by atoms with Gasteiger partial charge in [0.15, 0.2) is 0 Å². The van der Waals surface area contributed by atoms with Gasteiger partial charge in [0.25, 0.3) is 0 Å². The van der Waals surface area contributed by atoms with Crippen LogP contribution in [0.3, 0.4) is 0 Å². The van der Waals surface area contributed by atoms with E-state index in [4.69, 9.17) is 0 Å². The molecule has 3 nitrogen and oxygen atoms in total. The molecule has 1 aliphatic heterocycles. The van der Waals surface area contributed by atoms with Crippen LogP contribution in [0.25, 0.3) is 0 Å². The molecule has 0 aromatic heterocycles. The molecule has 1 aromatic carbocycles. The summed E-state index contributed by atoms with van der Waals surface area (Å²) in [5.74, 6) is 0.346. The lowest BCUT2D eigenvalue weighted by atomic mass is 9.98. The van der Waals surface area contributed by atoms with Crippen molar-refractivity contribution < 1.29 is 5.11 Å². The van der Waals surface area contributed by atoms with Crippen LogP contribution in [0.15, 0.2) is 33.7 Å². The van der Waals surface area contributed by atoms with E-state index in [0.29, 0.717) is 5.75 Å². The summed E-state index contributed by atoms with van der Waals surface area (Å²) in [5, 5.41) is 13.7. The van der Waals surface area contributed by atoms with Crippen molar-refractivity contribution in [1.82, 2.24) is 10.2 Å². The minimum Gasteiger partial charge on any atom is -0.508 e. The largest absolute Gasteiger partial charge is 0.508 e. The van der Waals surface area contributed by atoms with Gasteiger partial charge in [0, 0.05) is 46.7 Å². The molecule has 0 saturated carbocycles. The third-order valence-corrected chi connectivity index (χ3v) is 4.76. The molecule has 0 spiro atoms. The first-order chi connectivity index (χ1) is 9.63. The lowest BCUT2D eigenvalue weighted by molar-refractivity contribution is 0.163. The van der Waals surface area contributed by atoms with Gasteiger partial charge in [0.1, 0.15) is 5.75 Å². The van der Waals surface area contributed by atoms with Crippen LogP contribution in [-0.2, 0) is 0 Å². The predicted octanol–water partition coefficient (Wildman–Crippen LogP) is 4.67. The van der Waals surface area contributed by atoms with Crippen LogP contribution in [0.2, 0.25) is 0 Å².